The number of hydrogen-bond acceptors (Lipinski definition) is 4. The first-order chi connectivity index (χ1) is 13.5. The van der Waals surface area contributed by atoms with E-state index in [1.807, 2.05) is 0 Å². The van der Waals surface area contributed by atoms with Crippen molar-refractivity contribution in [1.29, 1.82) is 0 Å². The fourth-order valence-corrected chi connectivity index (χ4v) is 3.57. The zero-order chi connectivity index (χ0) is 19.9. The van der Waals surface area contributed by atoms with Crippen LogP contribution >= 0.6 is 11.6 Å². The molecule has 150 valence electrons. The lowest BCUT2D eigenvalue weighted by atomic mass is 10.2. The highest BCUT2D eigenvalue weighted by atomic mass is 35.5. The summed E-state index contributed by atoms with van der Waals surface area (Å²) in [5.74, 6) is 0.444. The smallest absolute Gasteiger partial charge is 0.234 e. The molecule has 2 aromatic rings. The van der Waals surface area contributed by atoms with Gasteiger partial charge in [0, 0.05) is 49.0 Å². The van der Waals surface area contributed by atoms with Gasteiger partial charge < -0.3 is 15.0 Å². The molecule has 0 aromatic heterocycles. The SMILES string of the molecule is COc1ccc(Cl)cc1CNC(=O)CN1CCCN(c2ccc(F)cc2)CC1. The fourth-order valence-electron chi connectivity index (χ4n) is 3.38. The van der Waals surface area contributed by atoms with Crippen molar-refractivity contribution in [3.05, 3.63) is 58.9 Å². The Labute approximate surface area is 170 Å². The molecule has 28 heavy (non-hydrogen) atoms. The lowest BCUT2D eigenvalue weighted by Crippen LogP contribution is -2.39. The maximum absolute atomic E-state index is 13.1. The minimum absolute atomic E-state index is 0.0303. The average molecular weight is 406 g/mol. The highest BCUT2D eigenvalue weighted by Gasteiger charge is 2.17. The first-order valence-electron chi connectivity index (χ1n) is 9.37. The summed E-state index contributed by atoms with van der Waals surface area (Å²) in [6, 6.07) is 11.9. The topological polar surface area (TPSA) is 44.8 Å². The average Bonchev–Trinajstić information content (AvgIpc) is 2.93. The Morgan fingerprint density at radius 1 is 1.14 bits per heavy atom. The molecule has 0 atom stereocenters. The Morgan fingerprint density at radius 3 is 2.68 bits per heavy atom. The van der Waals surface area contributed by atoms with E-state index in [-0.39, 0.29) is 11.7 Å². The van der Waals surface area contributed by atoms with Gasteiger partial charge in [-0.05, 0) is 48.9 Å². The van der Waals surface area contributed by atoms with Crippen molar-refractivity contribution in [2.45, 2.75) is 13.0 Å². The van der Waals surface area contributed by atoms with Gasteiger partial charge >= 0.3 is 0 Å². The zero-order valence-electron chi connectivity index (χ0n) is 16.0. The molecule has 1 amide bonds. The van der Waals surface area contributed by atoms with Gasteiger partial charge in [-0.2, -0.15) is 0 Å². The number of hydrogen-bond donors (Lipinski definition) is 1. The summed E-state index contributed by atoms with van der Waals surface area (Å²) in [6.07, 6.45) is 0.951. The second-order valence-corrected chi connectivity index (χ2v) is 7.26. The molecule has 1 fully saturated rings. The van der Waals surface area contributed by atoms with E-state index < -0.39 is 0 Å². The van der Waals surface area contributed by atoms with E-state index in [4.69, 9.17) is 16.3 Å². The summed E-state index contributed by atoms with van der Waals surface area (Å²) in [4.78, 5) is 16.8. The van der Waals surface area contributed by atoms with Crippen LogP contribution in [0.2, 0.25) is 5.02 Å². The van der Waals surface area contributed by atoms with Gasteiger partial charge in [0.25, 0.3) is 0 Å². The summed E-state index contributed by atoms with van der Waals surface area (Å²) in [5.41, 5.74) is 1.86. The molecule has 2 aromatic carbocycles. The number of anilines is 1. The third-order valence-electron chi connectivity index (χ3n) is 4.87. The summed E-state index contributed by atoms with van der Waals surface area (Å²) in [5, 5.41) is 3.55. The molecular weight excluding hydrogens is 381 g/mol. The Bertz CT molecular complexity index is 801. The standard InChI is InChI=1S/C21H25ClFN3O2/c1-28-20-8-3-17(22)13-16(20)14-24-21(27)15-25-9-2-10-26(12-11-25)19-6-4-18(23)5-7-19/h3-8,13H,2,9-12,14-15H2,1H3,(H,24,27). The summed E-state index contributed by atoms with van der Waals surface area (Å²) in [7, 11) is 1.60. The fraction of sp³-hybridized carbons (Fsp3) is 0.381. The van der Waals surface area contributed by atoms with E-state index in [1.54, 1.807) is 37.4 Å². The van der Waals surface area contributed by atoms with Crippen LogP contribution in [0.25, 0.3) is 0 Å². The highest BCUT2D eigenvalue weighted by molar-refractivity contribution is 6.30. The second-order valence-electron chi connectivity index (χ2n) is 6.83. The minimum Gasteiger partial charge on any atom is -0.496 e. The minimum atomic E-state index is -0.229. The van der Waals surface area contributed by atoms with Crippen LogP contribution < -0.4 is 15.0 Å². The van der Waals surface area contributed by atoms with E-state index in [2.05, 4.69) is 15.1 Å². The Kier molecular flexibility index (Phi) is 7.12. The van der Waals surface area contributed by atoms with Gasteiger partial charge in [-0.25, -0.2) is 4.39 Å². The molecule has 0 bridgehead atoms. The van der Waals surface area contributed by atoms with Gasteiger partial charge in [0.05, 0.1) is 13.7 Å². The lowest BCUT2D eigenvalue weighted by Gasteiger charge is -2.23. The van der Waals surface area contributed by atoms with Crippen LogP contribution in [-0.4, -0.2) is 50.6 Å². The number of nitrogens with one attached hydrogen (secondary N) is 1. The molecule has 0 saturated carbocycles. The molecule has 1 aliphatic rings. The molecule has 7 heteroatoms. The van der Waals surface area contributed by atoms with E-state index in [9.17, 15) is 9.18 Å². The summed E-state index contributed by atoms with van der Waals surface area (Å²) in [6.45, 7) is 4.06. The van der Waals surface area contributed by atoms with Crippen molar-refractivity contribution in [1.82, 2.24) is 10.2 Å². The Balaban J connectivity index is 1.49. The van der Waals surface area contributed by atoms with Crippen LogP contribution in [0.3, 0.4) is 0 Å². The summed E-state index contributed by atoms with van der Waals surface area (Å²) >= 11 is 6.03. The molecule has 3 rings (SSSR count). The van der Waals surface area contributed by atoms with Gasteiger partial charge in [0.1, 0.15) is 11.6 Å². The molecule has 5 nitrogen and oxygen atoms in total. The quantitative estimate of drug-likeness (QED) is 0.800. The Hall–Kier alpha value is -2.31. The molecule has 1 aliphatic heterocycles. The predicted molar refractivity (Wildman–Crippen MR) is 110 cm³/mol. The van der Waals surface area contributed by atoms with Gasteiger partial charge in [-0.1, -0.05) is 11.6 Å². The number of amides is 1. The normalized spacial score (nSPS) is 15.2. The van der Waals surface area contributed by atoms with Gasteiger partial charge in [-0.15, -0.1) is 0 Å². The number of halogens is 2. The molecule has 0 unspecified atom stereocenters. The first-order valence-corrected chi connectivity index (χ1v) is 9.75. The number of nitrogens with zero attached hydrogens (tertiary/aromatic N) is 2. The van der Waals surface area contributed by atoms with Crippen molar-refractivity contribution in [3.8, 4) is 5.75 Å². The zero-order valence-corrected chi connectivity index (χ0v) is 16.7. The van der Waals surface area contributed by atoms with Crippen LogP contribution in [0.1, 0.15) is 12.0 Å². The number of carbonyl (C=O) groups is 1. The summed E-state index contributed by atoms with van der Waals surface area (Å²) < 4.78 is 18.4. The highest BCUT2D eigenvalue weighted by Crippen LogP contribution is 2.22. The molecule has 0 aliphatic carbocycles. The van der Waals surface area contributed by atoms with E-state index in [0.29, 0.717) is 23.9 Å². The van der Waals surface area contributed by atoms with E-state index >= 15 is 0 Å². The molecule has 0 radical (unpaired) electrons. The Morgan fingerprint density at radius 2 is 1.93 bits per heavy atom. The van der Waals surface area contributed by atoms with Crippen molar-refractivity contribution in [3.63, 3.8) is 0 Å². The monoisotopic (exact) mass is 405 g/mol. The van der Waals surface area contributed by atoms with E-state index in [1.165, 1.54) is 12.1 Å². The first kappa shape index (κ1) is 20.4. The number of methoxy groups -OCH3 is 1. The van der Waals surface area contributed by atoms with Crippen molar-refractivity contribution < 1.29 is 13.9 Å². The van der Waals surface area contributed by atoms with Crippen LogP contribution in [0.15, 0.2) is 42.5 Å². The van der Waals surface area contributed by atoms with Crippen LogP contribution in [0, 0.1) is 5.82 Å². The van der Waals surface area contributed by atoms with Crippen LogP contribution in [0.5, 0.6) is 5.75 Å². The number of ether oxygens (including phenoxy) is 1. The predicted octanol–water partition coefficient (Wildman–Crippen LogP) is 3.32. The van der Waals surface area contributed by atoms with Crippen molar-refractivity contribution in [2.75, 3.05) is 44.7 Å². The maximum atomic E-state index is 13.1. The van der Waals surface area contributed by atoms with Crippen LogP contribution in [-0.2, 0) is 11.3 Å². The van der Waals surface area contributed by atoms with Crippen molar-refractivity contribution >= 4 is 23.2 Å². The van der Waals surface area contributed by atoms with Gasteiger partial charge in [0.15, 0.2) is 0 Å². The number of benzene rings is 2. The maximum Gasteiger partial charge on any atom is 0.234 e. The third-order valence-corrected chi connectivity index (χ3v) is 5.10. The van der Waals surface area contributed by atoms with E-state index in [0.717, 1.165) is 43.9 Å². The number of carbonyl (C=O) groups excluding carboxylic acids is 1. The van der Waals surface area contributed by atoms with Gasteiger partial charge in [0.2, 0.25) is 5.91 Å². The third kappa shape index (κ3) is 5.59. The van der Waals surface area contributed by atoms with Crippen LogP contribution in [0.4, 0.5) is 10.1 Å². The molecule has 0 spiro atoms. The molecule has 1 N–H and O–H groups in total. The molecule has 1 heterocycles. The largest absolute Gasteiger partial charge is 0.496 e. The van der Waals surface area contributed by atoms with Gasteiger partial charge in [-0.3, -0.25) is 9.69 Å². The second kappa shape index (κ2) is 9.75. The number of rotatable bonds is 6. The lowest BCUT2D eigenvalue weighted by molar-refractivity contribution is -0.122. The van der Waals surface area contributed by atoms with Crippen molar-refractivity contribution in [2.24, 2.45) is 0 Å². The molecule has 1 saturated heterocycles. The molecular formula is C21H25ClFN3O2.